The molecule has 0 unspecified atom stereocenters. The third kappa shape index (κ3) is 1.44. The third-order valence-corrected chi connectivity index (χ3v) is 2.67. The smallest absolute Gasteiger partial charge is 0.259 e. The van der Waals surface area contributed by atoms with E-state index in [0.717, 1.165) is 6.07 Å². The van der Waals surface area contributed by atoms with E-state index in [0.29, 0.717) is 0 Å². The molecule has 1 aliphatic heterocycles. The summed E-state index contributed by atoms with van der Waals surface area (Å²) in [7, 11) is 1.50. The molecule has 3 heterocycles. The fraction of sp³-hybridized carbons (Fsp3) is 0.154. The van der Waals surface area contributed by atoms with Crippen molar-refractivity contribution in [1.82, 2.24) is 9.97 Å². The van der Waals surface area contributed by atoms with Gasteiger partial charge in [-0.1, -0.05) is 0 Å². The van der Waals surface area contributed by atoms with Crippen LogP contribution in [0.25, 0.3) is 0 Å². The Balaban J connectivity index is 2.32. The number of nitrogens with one attached hydrogen (secondary N) is 1. The fourth-order valence-electron chi connectivity index (χ4n) is 1.79. The van der Waals surface area contributed by atoms with Crippen LogP contribution >= 0.6 is 0 Å². The monoisotopic (exact) mass is 246 g/mol. The zero-order valence-electron chi connectivity index (χ0n) is 15.4. The number of aryl methyl sites for hydroxylation is 1. The maximum atomic E-state index is 12.5. The highest BCUT2D eigenvalue weighted by Gasteiger charge is 2.25. The van der Waals surface area contributed by atoms with Gasteiger partial charge < -0.3 is 10.2 Å². The first-order valence-electron chi connectivity index (χ1n) is 8.15. The van der Waals surface area contributed by atoms with Crippen molar-refractivity contribution in [2.24, 2.45) is 0 Å². The largest absolute Gasteiger partial charge is 0.318 e. The number of carbonyl (C=O) groups excluding carboxylic acids is 1. The Bertz CT molecular complexity index is 867. The molecule has 18 heavy (non-hydrogen) atoms. The van der Waals surface area contributed by atoms with Crippen LogP contribution in [-0.2, 0) is 0 Å². The summed E-state index contributed by atoms with van der Waals surface area (Å²) >= 11 is 0. The van der Waals surface area contributed by atoms with Crippen LogP contribution in [-0.4, -0.2) is 22.9 Å². The summed E-state index contributed by atoms with van der Waals surface area (Å²) in [6.45, 7) is -2.55. The molecule has 1 amide bonds. The van der Waals surface area contributed by atoms with Crippen molar-refractivity contribution in [2.75, 3.05) is 17.3 Å². The van der Waals surface area contributed by atoms with Crippen LogP contribution in [0.15, 0.2) is 30.5 Å². The second kappa shape index (κ2) is 3.80. The van der Waals surface area contributed by atoms with Crippen molar-refractivity contribution >= 4 is 23.2 Å². The zero-order chi connectivity index (χ0) is 17.8. The first-order valence-corrected chi connectivity index (χ1v) is 5.15. The molecular formula is C13H12N4O. The molecule has 0 fully saturated rings. The van der Waals surface area contributed by atoms with Crippen molar-refractivity contribution in [2.45, 2.75) is 6.85 Å². The highest BCUT2D eigenvalue weighted by Crippen LogP contribution is 2.35. The number of amides is 1. The summed E-state index contributed by atoms with van der Waals surface area (Å²) in [5.41, 5.74) is -0.211. The van der Waals surface area contributed by atoms with E-state index in [1.807, 2.05) is 0 Å². The lowest BCUT2D eigenvalue weighted by Gasteiger charge is -2.18. The molecule has 0 radical (unpaired) electrons. The van der Waals surface area contributed by atoms with Crippen LogP contribution < -0.4 is 10.2 Å². The first kappa shape index (κ1) is 5.95. The number of nitrogens with zero attached hydrogens (tertiary/aromatic N) is 3. The van der Waals surface area contributed by atoms with Gasteiger partial charge in [0, 0.05) is 23.5 Å². The minimum atomic E-state index is -2.55. The van der Waals surface area contributed by atoms with E-state index in [2.05, 4.69) is 15.3 Å². The minimum absolute atomic E-state index is 0.0273. The summed E-state index contributed by atoms with van der Waals surface area (Å²) < 4.78 is 45.9. The van der Waals surface area contributed by atoms with Crippen molar-refractivity contribution in [1.29, 1.82) is 0 Å². The fourth-order valence-corrected chi connectivity index (χ4v) is 1.79. The van der Waals surface area contributed by atoms with E-state index >= 15 is 0 Å². The zero-order valence-corrected chi connectivity index (χ0v) is 9.40. The molecule has 0 atom stereocenters. The lowest BCUT2D eigenvalue weighted by atomic mass is 10.2. The summed E-state index contributed by atoms with van der Waals surface area (Å²) in [4.78, 5) is 21.7. The van der Waals surface area contributed by atoms with Gasteiger partial charge in [0.15, 0.2) is 5.82 Å². The predicted octanol–water partition coefficient (Wildman–Crippen LogP) is 2.12. The van der Waals surface area contributed by atoms with Gasteiger partial charge >= 0.3 is 0 Å². The van der Waals surface area contributed by atoms with Gasteiger partial charge in [-0.05, 0) is 30.6 Å². The van der Waals surface area contributed by atoms with Gasteiger partial charge in [0.25, 0.3) is 5.91 Å². The highest BCUT2D eigenvalue weighted by atomic mass is 16.1. The Morgan fingerprint density at radius 3 is 3.00 bits per heavy atom. The topological polar surface area (TPSA) is 58.1 Å². The molecule has 2 aromatic rings. The molecule has 0 saturated carbocycles. The molecule has 1 N–H and O–H groups in total. The quantitative estimate of drug-likeness (QED) is 0.773. The molecule has 0 aromatic carbocycles. The lowest BCUT2D eigenvalue weighted by molar-refractivity contribution is 0.102. The average molecular weight is 246 g/mol. The Kier molecular flexibility index (Phi) is 1.26. The van der Waals surface area contributed by atoms with Crippen LogP contribution in [0, 0.1) is 6.85 Å². The minimum Gasteiger partial charge on any atom is -0.318 e. The standard InChI is InChI=1S/C13H12N4O/c1-8-5-7-15-12-10(8)16-13(18)9-4-3-6-14-11(9)17(12)2/h3-7H,1-2H3,(H,16,18)/i1D3,3D,6D,7D. The number of aromatic nitrogens is 2. The Hall–Kier alpha value is -2.43. The van der Waals surface area contributed by atoms with Crippen LogP contribution in [0.5, 0.6) is 0 Å². The number of pyridine rings is 2. The van der Waals surface area contributed by atoms with Crippen LogP contribution in [0.4, 0.5) is 17.3 Å². The molecule has 5 nitrogen and oxygen atoms in total. The van der Waals surface area contributed by atoms with Crippen molar-refractivity contribution in [3.8, 4) is 0 Å². The van der Waals surface area contributed by atoms with Gasteiger partial charge in [0.1, 0.15) is 5.82 Å². The van der Waals surface area contributed by atoms with Gasteiger partial charge in [0.2, 0.25) is 0 Å². The molecule has 0 saturated heterocycles. The number of anilines is 3. The molecule has 0 aliphatic carbocycles. The molecule has 1 aliphatic rings. The molecular weight excluding hydrogens is 228 g/mol. The number of hydrogen-bond donors (Lipinski definition) is 1. The van der Waals surface area contributed by atoms with Gasteiger partial charge in [-0.25, -0.2) is 9.97 Å². The van der Waals surface area contributed by atoms with Crippen molar-refractivity contribution in [3.05, 3.63) is 41.6 Å². The maximum absolute atomic E-state index is 12.5. The summed E-state index contributed by atoms with van der Waals surface area (Å²) in [6.07, 6.45) is -0.595. The maximum Gasteiger partial charge on any atom is 0.259 e. The summed E-state index contributed by atoms with van der Waals surface area (Å²) in [5.74, 6) is -0.533. The molecule has 90 valence electrons. The van der Waals surface area contributed by atoms with Crippen molar-refractivity contribution in [3.63, 3.8) is 0 Å². The van der Waals surface area contributed by atoms with E-state index in [1.54, 1.807) is 0 Å². The van der Waals surface area contributed by atoms with Gasteiger partial charge in [-0.2, -0.15) is 0 Å². The van der Waals surface area contributed by atoms with E-state index in [9.17, 15) is 4.79 Å². The third-order valence-electron chi connectivity index (χ3n) is 2.67. The van der Waals surface area contributed by atoms with Crippen molar-refractivity contribution < 1.29 is 13.0 Å². The molecule has 2 aromatic heterocycles. The second-order valence-corrected chi connectivity index (χ2v) is 3.76. The van der Waals surface area contributed by atoms with Crippen LogP contribution in [0.1, 0.15) is 24.1 Å². The normalized spacial score (nSPS) is 18.9. The van der Waals surface area contributed by atoms with E-state index in [1.165, 1.54) is 18.0 Å². The number of rotatable bonds is 0. The van der Waals surface area contributed by atoms with Crippen LogP contribution in [0.2, 0.25) is 0 Å². The Labute approximate surface area is 113 Å². The van der Waals surface area contributed by atoms with Crippen LogP contribution in [0.3, 0.4) is 0 Å². The SMILES string of the molecule is [2H]c1cc(C([2H])([2H])[2H])c2c(n1)N(C)c1nc([2H])c([2H])cc1C(=O)N2. The van der Waals surface area contributed by atoms with E-state index < -0.39 is 12.8 Å². The Morgan fingerprint density at radius 2 is 2.17 bits per heavy atom. The predicted molar refractivity (Wildman–Crippen MR) is 69.2 cm³/mol. The Morgan fingerprint density at radius 1 is 1.33 bits per heavy atom. The van der Waals surface area contributed by atoms with Gasteiger partial charge in [-0.3, -0.25) is 4.79 Å². The molecule has 0 bridgehead atoms. The summed E-state index contributed by atoms with van der Waals surface area (Å²) in [6, 6.07) is 2.04. The highest BCUT2D eigenvalue weighted by molar-refractivity contribution is 6.11. The average Bonchev–Trinajstić information content (AvgIpc) is 2.57. The number of carbonyl (C=O) groups is 1. The summed E-state index contributed by atoms with van der Waals surface area (Å²) in [5, 5.41) is 2.49. The molecule has 3 rings (SSSR count). The molecule has 0 spiro atoms. The van der Waals surface area contributed by atoms with E-state index in [-0.39, 0.29) is 46.8 Å². The van der Waals surface area contributed by atoms with Gasteiger partial charge in [-0.15, -0.1) is 0 Å². The number of hydrogen-bond acceptors (Lipinski definition) is 4. The number of fused-ring (bicyclic) bond motifs is 2. The second-order valence-electron chi connectivity index (χ2n) is 3.76. The van der Waals surface area contributed by atoms with Gasteiger partial charge in [0.05, 0.1) is 15.4 Å². The van der Waals surface area contributed by atoms with E-state index in [4.69, 9.17) is 8.22 Å². The molecule has 5 heteroatoms. The lowest BCUT2D eigenvalue weighted by Crippen LogP contribution is -2.14. The first-order chi connectivity index (χ1) is 11.1.